The number of fused-ring (bicyclic) bond motifs is 1. The minimum atomic E-state index is -3.80. The minimum Gasteiger partial charge on any atom is -0.485 e. The third-order valence-corrected chi connectivity index (χ3v) is 7.91. The maximum absolute atomic E-state index is 10.5. The van der Waals surface area contributed by atoms with Gasteiger partial charge in [-0.2, -0.15) is 8.42 Å². The van der Waals surface area contributed by atoms with Gasteiger partial charge >= 0.3 is 0 Å². The van der Waals surface area contributed by atoms with E-state index in [2.05, 4.69) is 19.2 Å². The van der Waals surface area contributed by atoms with Gasteiger partial charge in [0.05, 0.1) is 5.75 Å². The van der Waals surface area contributed by atoms with Gasteiger partial charge in [0.2, 0.25) is 0 Å². The Morgan fingerprint density at radius 1 is 0.806 bits per heavy atom. The predicted octanol–water partition coefficient (Wildman–Crippen LogP) is 8.02. The highest BCUT2D eigenvalue weighted by Gasteiger charge is 2.21. The zero-order valence-electron chi connectivity index (χ0n) is 23.0. The molecule has 0 saturated carbocycles. The van der Waals surface area contributed by atoms with E-state index in [-0.39, 0.29) is 11.9 Å². The molecule has 2 heterocycles. The van der Waals surface area contributed by atoms with Crippen LogP contribution in [0.15, 0.2) is 10.8 Å². The van der Waals surface area contributed by atoms with E-state index in [9.17, 15) is 8.42 Å². The molecule has 2 N–H and O–H groups in total. The van der Waals surface area contributed by atoms with Crippen LogP contribution < -0.4 is 14.8 Å². The molecule has 8 heteroatoms. The van der Waals surface area contributed by atoms with Crippen LogP contribution in [0.5, 0.6) is 11.5 Å². The van der Waals surface area contributed by atoms with Gasteiger partial charge in [-0.1, -0.05) is 90.9 Å². The predicted molar refractivity (Wildman–Crippen MR) is 153 cm³/mol. The molecule has 0 aromatic carbocycles. The highest BCUT2D eigenvalue weighted by Crippen LogP contribution is 2.36. The summed E-state index contributed by atoms with van der Waals surface area (Å²) in [7, 11) is -3.80. The van der Waals surface area contributed by atoms with Gasteiger partial charge in [0, 0.05) is 10.8 Å². The second kappa shape index (κ2) is 22.2. The second-order valence-corrected chi connectivity index (χ2v) is 12.2. The first-order valence-corrected chi connectivity index (χ1v) is 17.0. The lowest BCUT2D eigenvalue weighted by Gasteiger charge is -2.24. The highest BCUT2D eigenvalue weighted by molar-refractivity contribution is 7.85. The molecule has 1 aliphatic heterocycles. The largest absolute Gasteiger partial charge is 0.485 e. The topological polar surface area (TPSA) is 84.9 Å². The zero-order valence-corrected chi connectivity index (χ0v) is 24.6. The van der Waals surface area contributed by atoms with E-state index in [4.69, 9.17) is 14.0 Å². The number of hydrogen-bond donors (Lipinski definition) is 2. The van der Waals surface area contributed by atoms with Crippen LogP contribution >= 0.6 is 11.3 Å². The van der Waals surface area contributed by atoms with Gasteiger partial charge in [-0.05, 0) is 45.2 Å². The molecule has 36 heavy (non-hydrogen) atoms. The molecule has 1 unspecified atom stereocenters. The van der Waals surface area contributed by atoms with Crippen molar-refractivity contribution in [1.82, 2.24) is 5.32 Å². The first-order chi connectivity index (χ1) is 17.5. The minimum absolute atomic E-state index is 0.0867. The summed E-state index contributed by atoms with van der Waals surface area (Å²) in [5.74, 6) is 1.51. The van der Waals surface area contributed by atoms with Crippen LogP contribution in [0.3, 0.4) is 0 Å². The Morgan fingerprint density at radius 2 is 1.33 bits per heavy atom. The van der Waals surface area contributed by atoms with Crippen LogP contribution in [0.25, 0.3) is 0 Å². The van der Waals surface area contributed by atoms with Crippen molar-refractivity contribution in [1.29, 1.82) is 0 Å². The first-order valence-electron chi connectivity index (χ1n) is 14.5. The summed E-state index contributed by atoms with van der Waals surface area (Å²) in [6.45, 7) is 7.61. The Morgan fingerprint density at radius 3 is 1.94 bits per heavy atom. The molecule has 212 valence electrons. The third-order valence-electron chi connectivity index (χ3n) is 6.40. The molecule has 0 radical (unpaired) electrons. The SMILES string of the molecule is CCCCCCCCNCCCCCCCC.O=S(=O)(O)CCCCCCC1COc2cscc2O1. The van der Waals surface area contributed by atoms with Gasteiger partial charge in [-0.25, -0.2) is 0 Å². The fourth-order valence-electron chi connectivity index (χ4n) is 4.20. The normalized spacial score (nSPS) is 14.9. The number of rotatable bonds is 21. The molecule has 1 aromatic rings. The van der Waals surface area contributed by atoms with E-state index in [1.54, 1.807) is 11.3 Å². The van der Waals surface area contributed by atoms with Crippen LogP contribution in [-0.2, 0) is 10.1 Å². The lowest BCUT2D eigenvalue weighted by Crippen LogP contribution is -2.28. The molecule has 0 saturated heterocycles. The lowest BCUT2D eigenvalue weighted by molar-refractivity contribution is 0.0842. The van der Waals surface area contributed by atoms with E-state index in [0.717, 1.165) is 37.2 Å². The Bertz CT molecular complexity index is 709. The van der Waals surface area contributed by atoms with Crippen molar-refractivity contribution < 1.29 is 22.4 Å². The van der Waals surface area contributed by atoms with Crippen molar-refractivity contribution in [3.8, 4) is 11.5 Å². The summed E-state index contributed by atoms with van der Waals surface area (Å²) in [5.41, 5.74) is 0. The second-order valence-electron chi connectivity index (χ2n) is 9.93. The van der Waals surface area contributed by atoms with Gasteiger partial charge in [0.25, 0.3) is 10.1 Å². The van der Waals surface area contributed by atoms with Crippen molar-refractivity contribution in [2.75, 3.05) is 25.4 Å². The van der Waals surface area contributed by atoms with Crippen molar-refractivity contribution in [3.05, 3.63) is 10.8 Å². The number of hydrogen-bond acceptors (Lipinski definition) is 6. The van der Waals surface area contributed by atoms with Gasteiger partial charge in [0.15, 0.2) is 11.5 Å². The molecule has 6 nitrogen and oxygen atoms in total. The molecular weight excluding hydrogens is 494 g/mol. The van der Waals surface area contributed by atoms with Crippen molar-refractivity contribution in [2.45, 2.75) is 129 Å². The summed E-state index contributed by atoms with van der Waals surface area (Å²) in [6.07, 6.45) is 21.1. The number of thiophene rings is 1. The lowest BCUT2D eigenvalue weighted by atomic mass is 10.1. The summed E-state index contributed by atoms with van der Waals surface area (Å²) >= 11 is 1.56. The fraction of sp³-hybridized carbons (Fsp3) is 0.857. The van der Waals surface area contributed by atoms with Crippen LogP contribution in [-0.4, -0.2) is 44.5 Å². The summed E-state index contributed by atoms with van der Waals surface area (Å²) < 4.78 is 41.0. The molecule has 0 amide bonds. The molecule has 0 aliphatic carbocycles. The quantitative estimate of drug-likeness (QED) is 0.120. The standard InChI is InChI=1S/C16H35N.C12H18O5S2/c1-3-5-7-9-11-13-15-17-16-14-12-10-8-6-4-2;13-19(14,15)6-4-2-1-3-5-10-7-16-11-8-18-9-12(11)17-10/h17H,3-16H2,1-2H3;8-10H,1-7H2,(H,13,14,15). The van der Waals surface area contributed by atoms with E-state index < -0.39 is 10.1 Å². The maximum atomic E-state index is 10.5. The molecular formula is C28H53NO5S2. The van der Waals surface area contributed by atoms with E-state index in [1.807, 2.05) is 10.8 Å². The molecule has 0 bridgehead atoms. The Hall–Kier alpha value is -0.830. The van der Waals surface area contributed by atoms with E-state index in [0.29, 0.717) is 13.0 Å². The maximum Gasteiger partial charge on any atom is 0.264 e. The van der Waals surface area contributed by atoms with Gasteiger partial charge < -0.3 is 14.8 Å². The molecule has 2 rings (SSSR count). The van der Waals surface area contributed by atoms with Crippen LogP contribution in [0.2, 0.25) is 0 Å². The summed E-state index contributed by atoms with van der Waals surface area (Å²) in [5, 5.41) is 7.44. The number of nitrogens with one attached hydrogen (secondary N) is 1. The molecule has 1 atom stereocenters. The van der Waals surface area contributed by atoms with Crippen LogP contribution in [0.1, 0.15) is 123 Å². The molecule has 1 aromatic heterocycles. The number of unbranched alkanes of at least 4 members (excludes halogenated alkanes) is 13. The Labute approximate surface area is 225 Å². The molecule has 0 spiro atoms. The smallest absolute Gasteiger partial charge is 0.264 e. The van der Waals surface area contributed by atoms with Crippen molar-refractivity contribution in [3.63, 3.8) is 0 Å². The van der Waals surface area contributed by atoms with Gasteiger partial charge in [-0.15, -0.1) is 11.3 Å². The van der Waals surface area contributed by atoms with Gasteiger partial charge in [-0.3, -0.25) is 4.55 Å². The van der Waals surface area contributed by atoms with Crippen LogP contribution in [0, 0.1) is 0 Å². The van der Waals surface area contributed by atoms with E-state index in [1.165, 1.54) is 90.1 Å². The first kappa shape index (κ1) is 33.2. The van der Waals surface area contributed by atoms with Crippen LogP contribution in [0.4, 0.5) is 0 Å². The summed E-state index contributed by atoms with van der Waals surface area (Å²) in [6, 6.07) is 0. The van der Waals surface area contributed by atoms with E-state index >= 15 is 0 Å². The fourth-order valence-corrected chi connectivity index (χ4v) is 5.44. The average molecular weight is 548 g/mol. The highest BCUT2D eigenvalue weighted by atomic mass is 32.2. The zero-order chi connectivity index (χ0) is 26.3. The molecule has 1 aliphatic rings. The average Bonchev–Trinajstić information content (AvgIpc) is 3.32. The van der Waals surface area contributed by atoms with Gasteiger partial charge in [0.1, 0.15) is 12.7 Å². The Kier molecular flexibility index (Phi) is 20.5. The monoisotopic (exact) mass is 547 g/mol. The summed E-state index contributed by atoms with van der Waals surface area (Å²) in [4.78, 5) is 0. The number of ether oxygens (including phenoxy) is 2. The van der Waals surface area contributed by atoms with Crippen molar-refractivity contribution >= 4 is 21.5 Å². The third kappa shape index (κ3) is 19.3. The Balaban J connectivity index is 0.000000363. The molecule has 0 fully saturated rings. The van der Waals surface area contributed by atoms with Crippen molar-refractivity contribution in [2.24, 2.45) is 0 Å².